The first-order valence-corrected chi connectivity index (χ1v) is 10.7. The first-order chi connectivity index (χ1) is 12.7. The topological polar surface area (TPSA) is 69.1 Å². The van der Waals surface area contributed by atoms with Gasteiger partial charge in [-0.2, -0.15) is 0 Å². The van der Waals surface area contributed by atoms with Gasteiger partial charge in [-0.3, -0.25) is 4.99 Å². The van der Waals surface area contributed by atoms with E-state index in [2.05, 4.69) is 29.4 Å². The standard InChI is InChI=1S/C20H38N4O2.HI/c1-3-21-19(22-11-6-12-24-13-7-16(25)8-14-24)23-17-15-18(26-4-2)20(17)9-5-10-20;/h16-18,25H,3-15H2,1-2H3,(H2,21,22,23);1H. The zero-order valence-corrected chi connectivity index (χ0v) is 19.4. The fraction of sp³-hybridized carbons (Fsp3) is 0.950. The van der Waals surface area contributed by atoms with Gasteiger partial charge in [-0.25, -0.2) is 0 Å². The van der Waals surface area contributed by atoms with Gasteiger partial charge in [0.15, 0.2) is 5.96 Å². The van der Waals surface area contributed by atoms with Gasteiger partial charge < -0.3 is 25.4 Å². The van der Waals surface area contributed by atoms with Crippen LogP contribution in [0.1, 0.15) is 58.8 Å². The molecular formula is C20H39IN4O2. The van der Waals surface area contributed by atoms with Crippen LogP contribution in [-0.2, 0) is 4.74 Å². The Morgan fingerprint density at radius 1 is 1.26 bits per heavy atom. The van der Waals surface area contributed by atoms with Crippen LogP contribution in [0.25, 0.3) is 0 Å². The number of guanidine groups is 1. The lowest BCUT2D eigenvalue weighted by molar-refractivity contribution is -0.168. The number of nitrogens with one attached hydrogen (secondary N) is 2. The van der Waals surface area contributed by atoms with Crippen molar-refractivity contribution in [2.24, 2.45) is 10.4 Å². The number of hydrogen-bond acceptors (Lipinski definition) is 4. The normalized spacial score (nSPS) is 28.2. The molecule has 1 aliphatic heterocycles. The molecular weight excluding hydrogens is 455 g/mol. The maximum absolute atomic E-state index is 9.59. The minimum absolute atomic E-state index is 0. The van der Waals surface area contributed by atoms with Gasteiger partial charge >= 0.3 is 0 Å². The molecule has 2 atom stereocenters. The molecule has 1 spiro atoms. The van der Waals surface area contributed by atoms with Crippen LogP contribution in [0, 0.1) is 5.41 Å². The Balaban J connectivity index is 0.00000261. The minimum atomic E-state index is -0.0874. The number of aliphatic hydroxyl groups excluding tert-OH is 1. The average molecular weight is 494 g/mol. The highest BCUT2D eigenvalue weighted by Gasteiger charge is 2.59. The summed E-state index contributed by atoms with van der Waals surface area (Å²) in [5, 5.41) is 16.7. The van der Waals surface area contributed by atoms with E-state index in [9.17, 15) is 5.11 Å². The zero-order valence-electron chi connectivity index (χ0n) is 17.1. The molecule has 0 radical (unpaired) electrons. The molecule has 3 N–H and O–H groups in total. The van der Waals surface area contributed by atoms with Crippen LogP contribution in [0.2, 0.25) is 0 Å². The van der Waals surface area contributed by atoms with Crippen LogP contribution >= 0.6 is 24.0 Å². The van der Waals surface area contributed by atoms with Crippen LogP contribution < -0.4 is 10.6 Å². The van der Waals surface area contributed by atoms with Crippen molar-refractivity contribution < 1.29 is 9.84 Å². The summed E-state index contributed by atoms with van der Waals surface area (Å²) < 4.78 is 5.96. The number of ether oxygens (including phenoxy) is 1. The summed E-state index contributed by atoms with van der Waals surface area (Å²) in [5.74, 6) is 0.966. The Hall–Kier alpha value is -0.120. The van der Waals surface area contributed by atoms with E-state index in [1.165, 1.54) is 19.3 Å². The van der Waals surface area contributed by atoms with E-state index in [0.29, 0.717) is 17.6 Å². The van der Waals surface area contributed by atoms with Crippen molar-refractivity contribution in [3.8, 4) is 0 Å². The Labute approximate surface area is 181 Å². The summed E-state index contributed by atoms with van der Waals surface area (Å²) in [5.41, 5.74) is 0.362. The molecule has 0 aromatic rings. The highest BCUT2D eigenvalue weighted by Crippen LogP contribution is 2.57. The largest absolute Gasteiger partial charge is 0.393 e. The Morgan fingerprint density at radius 2 is 2.00 bits per heavy atom. The quantitative estimate of drug-likeness (QED) is 0.209. The van der Waals surface area contributed by atoms with Gasteiger partial charge in [-0.15, -0.1) is 24.0 Å². The van der Waals surface area contributed by atoms with Gasteiger partial charge in [0, 0.05) is 44.2 Å². The monoisotopic (exact) mass is 494 g/mol. The Bertz CT molecular complexity index is 465. The van der Waals surface area contributed by atoms with Crippen molar-refractivity contribution in [2.75, 3.05) is 39.3 Å². The molecule has 3 fully saturated rings. The fourth-order valence-electron chi connectivity index (χ4n) is 4.75. The summed E-state index contributed by atoms with van der Waals surface area (Å²) >= 11 is 0. The first kappa shape index (κ1) is 23.2. The summed E-state index contributed by atoms with van der Waals surface area (Å²) in [6, 6.07) is 0.509. The van der Waals surface area contributed by atoms with Gasteiger partial charge in [0.1, 0.15) is 0 Å². The molecule has 27 heavy (non-hydrogen) atoms. The lowest BCUT2D eigenvalue weighted by Gasteiger charge is -2.61. The number of piperidine rings is 1. The maximum Gasteiger partial charge on any atom is 0.191 e. The number of halogens is 1. The highest BCUT2D eigenvalue weighted by atomic mass is 127. The van der Waals surface area contributed by atoms with Crippen molar-refractivity contribution >= 4 is 29.9 Å². The van der Waals surface area contributed by atoms with E-state index < -0.39 is 0 Å². The second-order valence-electron chi connectivity index (χ2n) is 8.15. The lowest BCUT2D eigenvalue weighted by Crippen LogP contribution is -2.68. The van der Waals surface area contributed by atoms with Crippen LogP contribution in [-0.4, -0.2) is 73.5 Å². The Morgan fingerprint density at radius 3 is 2.59 bits per heavy atom. The first-order valence-electron chi connectivity index (χ1n) is 10.7. The molecule has 0 aromatic carbocycles. The highest BCUT2D eigenvalue weighted by molar-refractivity contribution is 14.0. The molecule has 2 saturated carbocycles. The van der Waals surface area contributed by atoms with E-state index in [1.54, 1.807) is 0 Å². The molecule has 3 aliphatic rings. The SMILES string of the molecule is CCNC(=NCCCN1CCC(O)CC1)NC1CC(OCC)C12CCC2.I. The maximum atomic E-state index is 9.59. The summed E-state index contributed by atoms with van der Waals surface area (Å²) in [6.07, 6.45) is 8.27. The van der Waals surface area contributed by atoms with Crippen molar-refractivity contribution in [3.63, 3.8) is 0 Å². The lowest BCUT2D eigenvalue weighted by atomic mass is 9.51. The molecule has 7 heteroatoms. The summed E-state index contributed by atoms with van der Waals surface area (Å²) in [6.45, 7) is 9.91. The molecule has 2 aliphatic carbocycles. The molecule has 158 valence electrons. The van der Waals surface area contributed by atoms with Crippen molar-refractivity contribution in [1.29, 1.82) is 0 Å². The molecule has 6 nitrogen and oxygen atoms in total. The van der Waals surface area contributed by atoms with E-state index in [0.717, 1.165) is 71.0 Å². The van der Waals surface area contributed by atoms with E-state index >= 15 is 0 Å². The smallest absolute Gasteiger partial charge is 0.191 e. The number of likely N-dealkylation sites (tertiary alicyclic amines) is 1. The number of hydrogen-bond donors (Lipinski definition) is 3. The van der Waals surface area contributed by atoms with Crippen molar-refractivity contribution in [1.82, 2.24) is 15.5 Å². The second-order valence-corrected chi connectivity index (χ2v) is 8.15. The predicted octanol–water partition coefficient (Wildman–Crippen LogP) is 2.35. The third kappa shape index (κ3) is 5.70. The molecule has 3 rings (SSSR count). The van der Waals surface area contributed by atoms with Crippen molar-refractivity contribution in [2.45, 2.75) is 77.0 Å². The predicted molar refractivity (Wildman–Crippen MR) is 121 cm³/mol. The van der Waals surface area contributed by atoms with Gasteiger partial charge in [0.25, 0.3) is 0 Å². The van der Waals surface area contributed by atoms with Gasteiger partial charge in [-0.1, -0.05) is 6.42 Å². The van der Waals surface area contributed by atoms with E-state index in [-0.39, 0.29) is 30.1 Å². The molecule has 1 heterocycles. The van der Waals surface area contributed by atoms with Crippen LogP contribution in [0.15, 0.2) is 4.99 Å². The number of aliphatic imine (C=N–C) groups is 1. The van der Waals surface area contributed by atoms with E-state index in [4.69, 9.17) is 9.73 Å². The number of aliphatic hydroxyl groups is 1. The molecule has 0 aromatic heterocycles. The fourth-order valence-corrected chi connectivity index (χ4v) is 4.75. The minimum Gasteiger partial charge on any atom is -0.393 e. The number of rotatable bonds is 8. The molecule has 2 unspecified atom stereocenters. The van der Waals surface area contributed by atoms with Gasteiger partial charge in [0.2, 0.25) is 0 Å². The molecule has 1 saturated heterocycles. The third-order valence-corrected chi connectivity index (χ3v) is 6.55. The summed E-state index contributed by atoms with van der Waals surface area (Å²) in [4.78, 5) is 7.26. The summed E-state index contributed by atoms with van der Waals surface area (Å²) in [7, 11) is 0. The second kappa shape index (κ2) is 11.2. The van der Waals surface area contributed by atoms with Gasteiger partial charge in [-0.05, 0) is 58.9 Å². The van der Waals surface area contributed by atoms with Crippen LogP contribution in [0.4, 0.5) is 0 Å². The van der Waals surface area contributed by atoms with Crippen LogP contribution in [0.5, 0.6) is 0 Å². The Kier molecular flexibility index (Phi) is 9.58. The van der Waals surface area contributed by atoms with Crippen molar-refractivity contribution in [3.05, 3.63) is 0 Å². The molecule has 0 amide bonds. The number of nitrogens with zero attached hydrogens (tertiary/aromatic N) is 2. The third-order valence-electron chi connectivity index (χ3n) is 6.55. The molecule has 0 bridgehead atoms. The van der Waals surface area contributed by atoms with Gasteiger partial charge in [0.05, 0.1) is 12.2 Å². The van der Waals surface area contributed by atoms with E-state index in [1.807, 2.05) is 0 Å². The van der Waals surface area contributed by atoms with Crippen LogP contribution in [0.3, 0.4) is 0 Å². The average Bonchev–Trinajstić information content (AvgIpc) is 2.57. The zero-order chi connectivity index (χ0) is 18.4.